The first kappa shape index (κ1) is 12.9. The molecule has 0 bridgehead atoms. The Morgan fingerprint density at radius 1 is 1.22 bits per heavy atom. The first-order valence-corrected chi connectivity index (χ1v) is 6.00. The van der Waals surface area contributed by atoms with E-state index in [1.807, 2.05) is 19.1 Å². The van der Waals surface area contributed by atoms with Crippen molar-refractivity contribution in [2.45, 2.75) is 13.5 Å². The summed E-state index contributed by atoms with van der Waals surface area (Å²) in [5.41, 5.74) is 8.32. The van der Waals surface area contributed by atoms with Crippen molar-refractivity contribution in [3.8, 4) is 0 Å². The molecule has 2 aromatic carbocycles. The molecule has 0 fully saturated rings. The fraction of sp³-hybridized carbons (Fsp3) is 0.143. The lowest BCUT2D eigenvalue weighted by molar-refractivity contribution is 0.629. The van der Waals surface area contributed by atoms with Crippen LogP contribution in [0.1, 0.15) is 11.1 Å². The van der Waals surface area contributed by atoms with Gasteiger partial charge in [0.2, 0.25) is 0 Å². The van der Waals surface area contributed by atoms with Crippen LogP contribution in [0.15, 0.2) is 36.4 Å². The van der Waals surface area contributed by atoms with E-state index in [9.17, 15) is 4.39 Å². The van der Waals surface area contributed by atoms with E-state index in [2.05, 4.69) is 5.32 Å². The van der Waals surface area contributed by atoms with Crippen molar-refractivity contribution in [2.75, 3.05) is 5.32 Å². The van der Waals surface area contributed by atoms with Crippen LogP contribution in [0.3, 0.4) is 0 Å². The average Bonchev–Trinajstić information content (AvgIpc) is 2.37. The molecular weight excluding hydrogens is 251 g/mol. The van der Waals surface area contributed by atoms with Crippen molar-refractivity contribution in [1.82, 2.24) is 0 Å². The Hall–Kier alpha value is -1.58. The standard InChI is InChI=1S/C14H14ClFN2/c1-9-11(15)3-2-4-13(9)18-14-6-5-10(8-17)7-12(14)16/h2-7,18H,8,17H2,1H3. The minimum atomic E-state index is -0.322. The van der Waals surface area contributed by atoms with Gasteiger partial charge < -0.3 is 11.1 Å². The van der Waals surface area contributed by atoms with Gasteiger partial charge in [-0.15, -0.1) is 0 Å². The van der Waals surface area contributed by atoms with Crippen LogP contribution >= 0.6 is 11.6 Å². The van der Waals surface area contributed by atoms with Gasteiger partial charge in [0.05, 0.1) is 5.69 Å². The van der Waals surface area contributed by atoms with Gasteiger partial charge in [-0.05, 0) is 42.3 Å². The van der Waals surface area contributed by atoms with E-state index in [0.717, 1.165) is 16.8 Å². The van der Waals surface area contributed by atoms with E-state index >= 15 is 0 Å². The highest BCUT2D eigenvalue weighted by Gasteiger charge is 2.06. The predicted octanol–water partition coefficient (Wildman–Crippen LogP) is 3.99. The molecule has 0 aromatic heterocycles. The zero-order valence-corrected chi connectivity index (χ0v) is 10.8. The molecule has 0 radical (unpaired) electrons. The Balaban J connectivity index is 2.31. The molecule has 4 heteroatoms. The van der Waals surface area contributed by atoms with Crippen molar-refractivity contribution in [3.05, 3.63) is 58.4 Å². The summed E-state index contributed by atoms with van der Waals surface area (Å²) in [6.07, 6.45) is 0. The normalized spacial score (nSPS) is 10.4. The zero-order chi connectivity index (χ0) is 13.1. The highest BCUT2D eigenvalue weighted by Crippen LogP contribution is 2.27. The third-order valence-corrected chi connectivity index (χ3v) is 3.22. The summed E-state index contributed by atoms with van der Waals surface area (Å²) in [7, 11) is 0. The molecule has 0 aliphatic carbocycles. The van der Waals surface area contributed by atoms with Crippen molar-refractivity contribution in [2.24, 2.45) is 5.73 Å². The van der Waals surface area contributed by atoms with E-state index in [-0.39, 0.29) is 5.82 Å². The molecule has 0 amide bonds. The summed E-state index contributed by atoms with van der Waals surface area (Å²) < 4.78 is 13.8. The molecule has 18 heavy (non-hydrogen) atoms. The molecule has 0 saturated carbocycles. The van der Waals surface area contributed by atoms with E-state index in [0.29, 0.717) is 17.3 Å². The molecule has 0 aliphatic heterocycles. The molecule has 2 aromatic rings. The van der Waals surface area contributed by atoms with Gasteiger partial charge in [-0.2, -0.15) is 0 Å². The van der Waals surface area contributed by atoms with Crippen LogP contribution in [-0.2, 0) is 6.54 Å². The van der Waals surface area contributed by atoms with Crippen molar-refractivity contribution in [1.29, 1.82) is 0 Å². The van der Waals surface area contributed by atoms with Crippen LogP contribution in [0.5, 0.6) is 0 Å². The van der Waals surface area contributed by atoms with Crippen LogP contribution in [0, 0.1) is 12.7 Å². The smallest absolute Gasteiger partial charge is 0.146 e. The fourth-order valence-electron chi connectivity index (χ4n) is 1.67. The Kier molecular flexibility index (Phi) is 3.84. The molecule has 0 unspecified atom stereocenters. The Bertz CT molecular complexity index is 570. The monoisotopic (exact) mass is 264 g/mol. The van der Waals surface area contributed by atoms with E-state index in [1.165, 1.54) is 6.07 Å². The summed E-state index contributed by atoms with van der Waals surface area (Å²) in [5.74, 6) is -0.322. The number of rotatable bonds is 3. The van der Waals surface area contributed by atoms with Gasteiger partial charge in [0.1, 0.15) is 5.82 Å². The van der Waals surface area contributed by atoms with Crippen molar-refractivity contribution >= 4 is 23.0 Å². The Labute approximate surface area is 111 Å². The summed E-state index contributed by atoms with van der Waals surface area (Å²) >= 11 is 6.02. The number of hydrogen-bond donors (Lipinski definition) is 2. The molecule has 0 saturated heterocycles. The maximum Gasteiger partial charge on any atom is 0.146 e. The molecule has 94 valence electrons. The fourth-order valence-corrected chi connectivity index (χ4v) is 1.85. The SMILES string of the molecule is Cc1c(Cl)cccc1Nc1ccc(CN)cc1F. The molecule has 0 spiro atoms. The maximum atomic E-state index is 13.8. The molecule has 3 N–H and O–H groups in total. The summed E-state index contributed by atoms with van der Waals surface area (Å²) in [6, 6.07) is 10.4. The van der Waals surface area contributed by atoms with E-state index in [4.69, 9.17) is 17.3 Å². The minimum absolute atomic E-state index is 0.322. The third kappa shape index (κ3) is 2.63. The largest absolute Gasteiger partial charge is 0.353 e. The van der Waals surface area contributed by atoms with E-state index in [1.54, 1.807) is 18.2 Å². The van der Waals surface area contributed by atoms with Crippen LogP contribution in [0.4, 0.5) is 15.8 Å². The van der Waals surface area contributed by atoms with Crippen LogP contribution in [-0.4, -0.2) is 0 Å². The van der Waals surface area contributed by atoms with Gasteiger partial charge in [0, 0.05) is 17.3 Å². The lowest BCUT2D eigenvalue weighted by Gasteiger charge is -2.12. The second-order valence-electron chi connectivity index (χ2n) is 4.06. The number of benzene rings is 2. The number of nitrogens with one attached hydrogen (secondary N) is 1. The first-order valence-electron chi connectivity index (χ1n) is 5.62. The summed E-state index contributed by atoms with van der Waals surface area (Å²) in [4.78, 5) is 0. The van der Waals surface area contributed by atoms with E-state index < -0.39 is 0 Å². The number of nitrogens with two attached hydrogens (primary N) is 1. The molecular formula is C14H14ClFN2. The molecule has 0 atom stereocenters. The first-order chi connectivity index (χ1) is 8.61. The summed E-state index contributed by atoms with van der Waals surface area (Å²) in [5, 5.41) is 3.68. The number of hydrogen-bond acceptors (Lipinski definition) is 2. The Morgan fingerprint density at radius 3 is 2.67 bits per heavy atom. The third-order valence-electron chi connectivity index (χ3n) is 2.81. The van der Waals surface area contributed by atoms with Gasteiger partial charge in [-0.25, -0.2) is 4.39 Å². The van der Waals surface area contributed by atoms with Crippen LogP contribution in [0.25, 0.3) is 0 Å². The summed E-state index contributed by atoms with van der Waals surface area (Å²) in [6.45, 7) is 2.21. The predicted molar refractivity (Wildman–Crippen MR) is 73.8 cm³/mol. The van der Waals surface area contributed by atoms with Gasteiger partial charge in [0.15, 0.2) is 0 Å². The lowest BCUT2D eigenvalue weighted by Crippen LogP contribution is -2.00. The average molecular weight is 265 g/mol. The quantitative estimate of drug-likeness (QED) is 0.880. The topological polar surface area (TPSA) is 38.0 Å². The van der Waals surface area contributed by atoms with Crippen molar-refractivity contribution in [3.63, 3.8) is 0 Å². The Morgan fingerprint density at radius 2 is 2.00 bits per heavy atom. The van der Waals surface area contributed by atoms with Crippen LogP contribution < -0.4 is 11.1 Å². The van der Waals surface area contributed by atoms with Crippen molar-refractivity contribution < 1.29 is 4.39 Å². The second kappa shape index (κ2) is 5.38. The second-order valence-corrected chi connectivity index (χ2v) is 4.46. The lowest BCUT2D eigenvalue weighted by atomic mass is 10.1. The van der Waals surface area contributed by atoms with Crippen LogP contribution in [0.2, 0.25) is 5.02 Å². The number of anilines is 2. The molecule has 0 heterocycles. The molecule has 2 nitrogen and oxygen atoms in total. The zero-order valence-electron chi connectivity index (χ0n) is 10.0. The maximum absolute atomic E-state index is 13.8. The minimum Gasteiger partial charge on any atom is -0.353 e. The van der Waals surface area contributed by atoms with Gasteiger partial charge in [-0.1, -0.05) is 23.7 Å². The molecule has 0 aliphatic rings. The van der Waals surface area contributed by atoms with Gasteiger partial charge in [-0.3, -0.25) is 0 Å². The highest BCUT2D eigenvalue weighted by atomic mass is 35.5. The van der Waals surface area contributed by atoms with Gasteiger partial charge >= 0.3 is 0 Å². The van der Waals surface area contributed by atoms with Gasteiger partial charge in [0.25, 0.3) is 0 Å². The highest BCUT2D eigenvalue weighted by molar-refractivity contribution is 6.31. The molecule has 2 rings (SSSR count). The number of halogens is 2.